The molecule has 0 aliphatic carbocycles. The smallest absolute Gasteiger partial charge is 0.276 e. The predicted octanol–water partition coefficient (Wildman–Crippen LogP) is 3.71. The molecule has 2 aromatic carbocycles. The monoisotopic (exact) mass is 326 g/mol. The molecule has 0 aliphatic rings. The van der Waals surface area contributed by atoms with Crippen LogP contribution in [0.3, 0.4) is 0 Å². The summed E-state index contributed by atoms with van der Waals surface area (Å²) in [5.74, 6) is 0.286. The van der Waals surface area contributed by atoms with E-state index in [9.17, 15) is 9.59 Å². The maximum absolute atomic E-state index is 12.3. The number of hydrogen-bond donors (Lipinski definition) is 2. The maximum atomic E-state index is 12.3. The van der Waals surface area contributed by atoms with Gasteiger partial charge in [-0.1, -0.05) is 30.8 Å². The van der Waals surface area contributed by atoms with E-state index in [1.54, 1.807) is 25.1 Å². The van der Waals surface area contributed by atoms with Crippen molar-refractivity contribution in [2.45, 2.75) is 13.0 Å². The Bertz CT molecular complexity index is 874. The highest BCUT2D eigenvalue weighted by Crippen LogP contribution is 2.25. The zero-order chi connectivity index (χ0) is 16.4. The Morgan fingerprint density at radius 3 is 2.61 bits per heavy atom. The summed E-state index contributed by atoms with van der Waals surface area (Å²) in [7, 11) is 0. The van der Waals surface area contributed by atoms with Gasteiger partial charge in [-0.2, -0.15) is 0 Å². The number of benzene rings is 2. The van der Waals surface area contributed by atoms with E-state index in [1.165, 1.54) is 0 Å². The molecule has 3 rings (SSSR count). The SMILES string of the molecule is CC(NC(=O)S)C(=O)c1ccc2nc(-c3ccccc3)oc2c1. The molecule has 23 heavy (non-hydrogen) atoms. The molecular weight excluding hydrogens is 312 g/mol. The molecule has 0 saturated carbocycles. The number of nitrogens with zero attached hydrogens (tertiary/aromatic N) is 1. The van der Waals surface area contributed by atoms with Gasteiger partial charge in [0.2, 0.25) is 5.89 Å². The van der Waals surface area contributed by atoms with Crippen LogP contribution < -0.4 is 5.32 Å². The van der Waals surface area contributed by atoms with E-state index < -0.39 is 11.3 Å². The lowest BCUT2D eigenvalue weighted by Crippen LogP contribution is -2.35. The minimum Gasteiger partial charge on any atom is -0.436 e. The van der Waals surface area contributed by atoms with Crippen LogP contribution >= 0.6 is 12.6 Å². The standard InChI is InChI=1S/C17H14N2O3S/c1-10(18-17(21)23)15(20)12-7-8-13-14(9-12)22-16(19-13)11-5-3-2-4-6-11/h2-10H,1H3,(H2,18,21,23). The fourth-order valence-electron chi connectivity index (χ4n) is 2.28. The summed E-state index contributed by atoms with van der Waals surface area (Å²) in [6.07, 6.45) is 0. The summed E-state index contributed by atoms with van der Waals surface area (Å²) in [6.45, 7) is 1.61. The Kier molecular flexibility index (Phi) is 4.16. The molecule has 1 unspecified atom stereocenters. The Balaban J connectivity index is 1.93. The van der Waals surface area contributed by atoms with Gasteiger partial charge in [-0.15, -0.1) is 0 Å². The lowest BCUT2D eigenvalue weighted by molar-refractivity contribution is 0.0956. The largest absolute Gasteiger partial charge is 0.436 e. The van der Waals surface area contributed by atoms with Crippen LogP contribution in [0.2, 0.25) is 0 Å². The van der Waals surface area contributed by atoms with Crippen LogP contribution in [0.4, 0.5) is 4.79 Å². The van der Waals surface area contributed by atoms with Gasteiger partial charge < -0.3 is 9.73 Å². The summed E-state index contributed by atoms with van der Waals surface area (Å²) in [4.78, 5) is 27.6. The number of rotatable bonds is 4. The minimum atomic E-state index is -0.658. The van der Waals surface area contributed by atoms with Gasteiger partial charge in [-0.05, 0) is 37.3 Å². The first-order valence-corrected chi connectivity index (χ1v) is 7.49. The van der Waals surface area contributed by atoms with Crippen LogP contribution in [-0.4, -0.2) is 22.0 Å². The number of aromatic nitrogens is 1. The van der Waals surface area contributed by atoms with E-state index in [0.717, 1.165) is 5.56 Å². The first-order chi connectivity index (χ1) is 11.0. The average molecular weight is 326 g/mol. The van der Waals surface area contributed by atoms with Crippen LogP contribution in [0.25, 0.3) is 22.6 Å². The van der Waals surface area contributed by atoms with Crippen LogP contribution in [0.5, 0.6) is 0 Å². The van der Waals surface area contributed by atoms with Crippen molar-refractivity contribution < 1.29 is 14.0 Å². The van der Waals surface area contributed by atoms with Gasteiger partial charge >= 0.3 is 0 Å². The van der Waals surface area contributed by atoms with Crippen molar-refractivity contribution in [3.63, 3.8) is 0 Å². The number of fused-ring (bicyclic) bond motifs is 1. The topological polar surface area (TPSA) is 72.2 Å². The second kappa shape index (κ2) is 6.26. The van der Waals surface area contributed by atoms with Crippen molar-refractivity contribution in [3.05, 3.63) is 54.1 Å². The third kappa shape index (κ3) is 3.27. The van der Waals surface area contributed by atoms with Crippen molar-refractivity contribution in [2.75, 3.05) is 0 Å². The summed E-state index contributed by atoms with van der Waals surface area (Å²) < 4.78 is 5.74. The zero-order valence-electron chi connectivity index (χ0n) is 12.3. The summed E-state index contributed by atoms with van der Waals surface area (Å²) in [6, 6.07) is 13.9. The van der Waals surface area contributed by atoms with Crippen LogP contribution in [0.1, 0.15) is 17.3 Å². The van der Waals surface area contributed by atoms with Crippen LogP contribution in [0, 0.1) is 0 Å². The van der Waals surface area contributed by atoms with E-state index in [0.29, 0.717) is 22.6 Å². The molecule has 0 bridgehead atoms. The maximum Gasteiger partial charge on any atom is 0.276 e. The lowest BCUT2D eigenvalue weighted by atomic mass is 10.1. The molecule has 116 valence electrons. The Hall–Kier alpha value is -2.60. The van der Waals surface area contributed by atoms with Gasteiger partial charge in [0.1, 0.15) is 5.52 Å². The first kappa shape index (κ1) is 15.3. The van der Waals surface area contributed by atoms with Crippen molar-refractivity contribution in [1.29, 1.82) is 0 Å². The third-order valence-electron chi connectivity index (χ3n) is 3.43. The predicted molar refractivity (Wildman–Crippen MR) is 90.8 cm³/mol. The molecule has 0 fully saturated rings. The lowest BCUT2D eigenvalue weighted by Gasteiger charge is -2.10. The number of carbonyl (C=O) groups is 2. The molecule has 1 amide bonds. The molecule has 1 aromatic heterocycles. The molecule has 1 N–H and O–H groups in total. The number of thiol groups is 1. The van der Waals surface area contributed by atoms with Crippen molar-refractivity contribution in [3.8, 4) is 11.5 Å². The van der Waals surface area contributed by atoms with Gasteiger partial charge in [0.15, 0.2) is 11.4 Å². The van der Waals surface area contributed by atoms with E-state index in [4.69, 9.17) is 4.42 Å². The number of oxazole rings is 1. The highest BCUT2D eigenvalue weighted by molar-refractivity contribution is 7.96. The molecule has 0 radical (unpaired) electrons. The summed E-state index contributed by atoms with van der Waals surface area (Å²) >= 11 is 3.62. The fraction of sp³-hybridized carbons (Fsp3) is 0.118. The minimum absolute atomic E-state index is 0.216. The zero-order valence-corrected chi connectivity index (χ0v) is 13.2. The quantitative estimate of drug-likeness (QED) is 0.566. The number of carbonyl (C=O) groups excluding carboxylic acids is 2. The molecule has 5 nitrogen and oxygen atoms in total. The molecular formula is C17H14N2O3S. The Morgan fingerprint density at radius 1 is 1.17 bits per heavy atom. The van der Waals surface area contributed by atoms with Crippen molar-refractivity contribution in [2.24, 2.45) is 0 Å². The van der Waals surface area contributed by atoms with Gasteiger partial charge in [-0.3, -0.25) is 9.59 Å². The molecule has 1 heterocycles. The molecule has 1 atom stereocenters. The summed E-state index contributed by atoms with van der Waals surface area (Å²) in [5, 5.41) is 1.91. The van der Waals surface area contributed by atoms with E-state index in [2.05, 4.69) is 22.9 Å². The first-order valence-electron chi connectivity index (χ1n) is 7.04. The van der Waals surface area contributed by atoms with Crippen molar-refractivity contribution >= 4 is 34.8 Å². The molecule has 0 spiro atoms. The molecule has 6 heteroatoms. The van der Waals surface area contributed by atoms with E-state index in [1.807, 2.05) is 30.3 Å². The van der Waals surface area contributed by atoms with Crippen LogP contribution in [-0.2, 0) is 0 Å². The van der Waals surface area contributed by atoms with Crippen molar-refractivity contribution in [1.82, 2.24) is 10.3 Å². The molecule has 0 saturated heterocycles. The van der Waals surface area contributed by atoms with Gasteiger partial charge in [0.25, 0.3) is 5.24 Å². The normalized spacial score (nSPS) is 12.1. The Labute approximate surface area is 138 Å². The van der Waals surface area contributed by atoms with Gasteiger partial charge in [-0.25, -0.2) is 4.98 Å². The highest BCUT2D eigenvalue weighted by Gasteiger charge is 2.18. The highest BCUT2D eigenvalue weighted by atomic mass is 32.1. The fourth-order valence-corrected chi connectivity index (χ4v) is 2.48. The second-order valence-electron chi connectivity index (χ2n) is 5.10. The third-order valence-corrected chi connectivity index (χ3v) is 3.56. The molecule has 3 aromatic rings. The van der Waals surface area contributed by atoms with Gasteiger partial charge in [0, 0.05) is 11.1 Å². The number of nitrogens with one attached hydrogen (secondary N) is 1. The summed E-state index contributed by atoms with van der Waals surface area (Å²) in [5.41, 5.74) is 2.51. The number of hydrogen-bond acceptors (Lipinski definition) is 4. The molecule has 0 aliphatic heterocycles. The second-order valence-corrected chi connectivity index (χ2v) is 5.51. The average Bonchev–Trinajstić information content (AvgIpc) is 2.97. The Morgan fingerprint density at radius 2 is 1.91 bits per heavy atom. The number of Topliss-reactive ketones (excluding diaryl/α,β-unsaturated/α-hetero) is 1. The number of ketones is 1. The van der Waals surface area contributed by atoms with Gasteiger partial charge in [0.05, 0.1) is 6.04 Å². The van der Waals surface area contributed by atoms with E-state index in [-0.39, 0.29) is 5.78 Å². The van der Waals surface area contributed by atoms with Crippen LogP contribution in [0.15, 0.2) is 52.9 Å². The number of amides is 1. The van der Waals surface area contributed by atoms with E-state index >= 15 is 0 Å².